The van der Waals surface area contributed by atoms with Crippen LogP contribution in [0.5, 0.6) is 0 Å². The van der Waals surface area contributed by atoms with Gasteiger partial charge in [0.1, 0.15) is 0 Å². The molecule has 0 bridgehead atoms. The number of nitrogens with zero attached hydrogens (tertiary/aromatic N) is 2. The van der Waals surface area contributed by atoms with E-state index in [4.69, 9.17) is 0 Å². The highest BCUT2D eigenvalue weighted by atomic mass is 32.1. The van der Waals surface area contributed by atoms with Gasteiger partial charge in [0.05, 0.1) is 5.56 Å². The number of aryl methyl sites for hydroxylation is 1. The first-order valence-electron chi connectivity index (χ1n) is 9.46. The Morgan fingerprint density at radius 3 is 2.56 bits per heavy atom. The Kier molecular flexibility index (Phi) is 5.18. The summed E-state index contributed by atoms with van der Waals surface area (Å²) < 4.78 is 0. The van der Waals surface area contributed by atoms with E-state index in [-0.39, 0.29) is 5.91 Å². The number of rotatable bonds is 4. The fraction of sp³-hybridized carbons (Fsp3) is 0.476. The van der Waals surface area contributed by atoms with Crippen molar-refractivity contribution in [2.75, 3.05) is 32.7 Å². The molecule has 132 valence electrons. The molecule has 1 aliphatic carbocycles. The summed E-state index contributed by atoms with van der Waals surface area (Å²) in [6.45, 7) is 4.78. The standard InChI is InChI=1S/C21H26N2OS/c24-21(19-16-25-20-9-5-4-8-18(19)20)23-14-12-22(13-15-23)11-10-17-6-2-1-3-7-17/h1-3,6-7,16H,4-5,8-15H2. The van der Waals surface area contributed by atoms with Crippen molar-refractivity contribution in [3.05, 3.63) is 57.3 Å². The Morgan fingerprint density at radius 2 is 1.76 bits per heavy atom. The molecule has 2 heterocycles. The van der Waals surface area contributed by atoms with Crippen molar-refractivity contribution in [3.63, 3.8) is 0 Å². The van der Waals surface area contributed by atoms with Crippen molar-refractivity contribution in [2.24, 2.45) is 0 Å². The second kappa shape index (κ2) is 7.71. The lowest BCUT2D eigenvalue weighted by Crippen LogP contribution is -2.49. The van der Waals surface area contributed by atoms with Crippen molar-refractivity contribution in [1.29, 1.82) is 0 Å². The average molecular weight is 355 g/mol. The molecule has 0 saturated carbocycles. The molecule has 1 saturated heterocycles. The minimum absolute atomic E-state index is 0.266. The number of amides is 1. The van der Waals surface area contributed by atoms with Gasteiger partial charge >= 0.3 is 0 Å². The Balaban J connectivity index is 1.31. The molecule has 4 rings (SSSR count). The molecular weight excluding hydrogens is 328 g/mol. The number of benzene rings is 1. The van der Waals surface area contributed by atoms with Crippen LogP contribution in [0.15, 0.2) is 35.7 Å². The quantitative estimate of drug-likeness (QED) is 0.837. The van der Waals surface area contributed by atoms with Crippen LogP contribution in [-0.2, 0) is 19.3 Å². The van der Waals surface area contributed by atoms with Crippen LogP contribution in [0.4, 0.5) is 0 Å². The molecule has 1 amide bonds. The Labute approximate surface area is 154 Å². The van der Waals surface area contributed by atoms with E-state index in [2.05, 4.69) is 45.5 Å². The first kappa shape index (κ1) is 16.8. The van der Waals surface area contributed by atoms with E-state index in [1.807, 2.05) is 0 Å². The first-order chi connectivity index (χ1) is 12.3. The maximum Gasteiger partial charge on any atom is 0.255 e. The maximum absolute atomic E-state index is 12.9. The van der Waals surface area contributed by atoms with E-state index < -0.39 is 0 Å². The van der Waals surface area contributed by atoms with Crippen molar-refractivity contribution in [1.82, 2.24) is 9.80 Å². The van der Waals surface area contributed by atoms with Crippen molar-refractivity contribution >= 4 is 17.2 Å². The third-order valence-electron chi connectivity index (χ3n) is 5.51. The van der Waals surface area contributed by atoms with Gasteiger partial charge in [0.2, 0.25) is 0 Å². The van der Waals surface area contributed by atoms with Gasteiger partial charge < -0.3 is 4.90 Å². The van der Waals surface area contributed by atoms with Crippen molar-refractivity contribution in [2.45, 2.75) is 32.1 Å². The molecular formula is C21H26N2OS. The molecule has 0 spiro atoms. The van der Waals surface area contributed by atoms with E-state index >= 15 is 0 Å². The van der Waals surface area contributed by atoms with Gasteiger partial charge in [0.15, 0.2) is 0 Å². The van der Waals surface area contributed by atoms with Gasteiger partial charge in [-0.3, -0.25) is 9.69 Å². The molecule has 1 fully saturated rings. The zero-order chi connectivity index (χ0) is 17.1. The van der Waals surface area contributed by atoms with Crippen LogP contribution in [0.1, 0.15) is 39.2 Å². The monoisotopic (exact) mass is 354 g/mol. The summed E-state index contributed by atoms with van der Waals surface area (Å²) in [5.74, 6) is 0.266. The molecule has 1 aromatic carbocycles. The summed E-state index contributed by atoms with van der Waals surface area (Å²) in [6, 6.07) is 10.7. The van der Waals surface area contributed by atoms with Gasteiger partial charge in [-0.05, 0) is 43.2 Å². The molecule has 2 aromatic rings. The minimum atomic E-state index is 0.266. The fourth-order valence-electron chi connectivity index (χ4n) is 3.95. The number of carbonyl (C=O) groups is 1. The summed E-state index contributed by atoms with van der Waals surface area (Å²) in [5.41, 5.74) is 3.75. The van der Waals surface area contributed by atoms with Gasteiger partial charge in [-0.1, -0.05) is 30.3 Å². The molecule has 1 aromatic heterocycles. The summed E-state index contributed by atoms with van der Waals surface area (Å²) in [5, 5.41) is 2.11. The van der Waals surface area contributed by atoms with Gasteiger partial charge in [0, 0.05) is 43.0 Å². The van der Waals surface area contributed by atoms with Gasteiger partial charge in [-0.15, -0.1) is 11.3 Å². The smallest absolute Gasteiger partial charge is 0.255 e. The number of piperazine rings is 1. The number of thiophene rings is 1. The minimum Gasteiger partial charge on any atom is -0.336 e. The lowest BCUT2D eigenvalue weighted by molar-refractivity contribution is 0.0638. The van der Waals surface area contributed by atoms with Crippen LogP contribution in [0, 0.1) is 0 Å². The lowest BCUT2D eigenvalue weighted by atomic mass is 9.95. The SMILES string of the molecule is O=C(c1csc2c1CCCC2)N1CCN(CCc2ccccc2)CC1. The summed E-state index contributed by atoms with van der Waals surface area (Å²) >= 11 is 1.79. The summed E-state index contributed by atoms with van der Waals surface area (Å²) in [7, 11) is 0. The highest BCUT2D eigenvalue weighted by Crippen LogP contribution is 2.31. The molecule has 0 atom stereocenters. The Hall–Kier alpha value is -1.65. The Bertz CT molecular complexity index is 717. The average Bonchev–Trinajstić information content (AvgIpc) is 3.11. The number of hydrogen-bond acceptors (Lipinski definition) is 3. The van der Waals surface area contributed by atoms with E-state index in [0.717, 1.165) is 51.1 Å². The third kappa shape index (κ3) is 3.80. The third-order valence-corrected chi connectivity index (χ3v) is 6.60. The molecule has 1 aliphatic heterocycles. The number of carbonyl (C=O) groups excluding carboxylic acids is 1. The molecule has 25 heavy (non-hydrogen) atoms. The maximum atomic E-state index is 12.9. The van der Waals surface area contributed by atoms with E-state index in [0.29, 0.717) is 0 Å². The zero-order valence-electron chi connectivity index (χ0n) is 14.7. The zero-order valence-corrected chi connectivity index (χ0v) is 15.6. The van der Waals surface area contributed by atoms with Crippen molar-refractivity contribution < 1.29 is 4.79 Å². The first-order valence-corrected chi connectivity index (χ1v) is 10.3. The van der Waals surface area contributed by atoms with E-state index in [9.17, 15) is 4.79 Å². The highest BCUT2D eigenvalue weighted by Gasteiger charge is 2.26. The van der Waals surface area contributed by atoms with Crippen LogP contribution in [-0.4, -0.2) is 48.4 Å². The van der Waals surface area contributed by atoms with E-state index in [1.165, 1.54) is 35.3 Å². The normalized spacial score (nSPS) is 18.2. The van der Waals surface area contributed by atoms with Crippen LogP contribution >= 0.6 is 11.3 Å². The van der Waals surface area contributed by atoms with Crippen LogP contribution in [0.2, 0.25) is 0 Å². The predicted octanol–water partition coefficient (Wildman–Crippen LogP) is 3.63. The topological polar surface area (TPSA) is 23.6 Å². The predicted molar refractivity (Wildman–Crippen MR) is 103 cm³/mol. The molecule has 2 aliphatic rings. The lowest BCUT2D eigenvalue weighted by Gasteiger charge is -2.35. The highest BCUT2D eigenvalue weighted by molar-refractivity contribution is 7.10. The second-order valence-corrected chi connectivity index (χ2v) is 8.09. The van der Waals surface area contributed by atoms with Gasteiger partial charge in [0.25, 0.3) is 5.91 Å². The fourth-order valence-corrected chi connectivity index (χ4v) is 5.07. The number of hydrogen-bond donors (Lipinski definition) is 0. The van der Waals surface area contributed by atoms with Crippen LogP contribution in [0.25, 0.3) is 0 Å². The molecule has 0 N–H and O–H groups in total. The molecule has 0 unspecified atom stereocenters. The second-order valence-electron chi connectivity index (χ2n) is 7.13. The van der Waals surface area contributed by atoms with Gasteiger partial charge in [-0.2, -0.15) is 0 Å². The molecule has 0 radical (unpaired) electrons. The Morgan fingerprint density at radius 1 is 1.00 bits per heavy atom. The van der Waals surface area contributed by atoms with Crippen LogP contribution < -0.4 is 0 Å². The summed E-state index contributed by atoms with van der Waals surface area (Å²) in [6.07, 6.45) is 5.86. The summed E-state index contributed by atoms with van der Waals surface area (Å²) in [4.78, 5) is 18.9. The van der Waals surface area contributed by atoms with Crippen LogP contribution in [0.3, 0.4) is 0 Å². The number of fused-ring (bicyclic) bond motifs is 1. The van der Waals surface area contributed by atoms with Crippen molar-refractivity contribution in [3.8, 4) is 0 Å². The molecule has 4 heteroatoms. The van der Waals surface area contributed by atoms with Gasteiger partial charge in [-0.25, -0.2) is 0 Å². The largest absolute Gasteiger partial charge is 0.336 e. The molecule has 3 nitrogen and oxygen atoms in total. The van der Waals surface area contributed by atoms with E-state index in [1.54, 1.807) is 11.3 Å².